The molecule has 0 bridgehead atoms. The molecule has 0 aliphatic carbocycles. The van der Waals surface area contributed by atoms with Gasteiger partial charge in [0.05, 0.1) is 16.5 Å². The van der Waals surface area contributed by atoms with Gasteiger partial charge < -0.3 is 0 Å². The number of hydrogen-bond donors (Lipinski definition) is 0. The van der Waals surface area contributed by atoms with Crippen molar-refractivity contribution in [1.29, 1.82) is 5.26 Å². The van der Waals surface area contributed by atoms with Gasteiger partial charge in [-0.15, -0.1) is 0 Å². The van der Waals surface area contributed by atoms with Crippen LogP contribution in [0.3, 0.4) is 0 Å². The molecule has 0 unspecified atom stereocenters. The van der Waals surface area contributed by atoms with E-state index in [9.17, 15) is 8.78 Å². The number of nitrogens with zero attached hydrogens (tertiary/aromatic N) is 1. The average molecular weight is 326 g/mol. The van der Waals surface area contributed by atoms with Crippen LogP contribution < -0.4 is 0 Å². The fourth-order valence-corrected chi connectivity index (χ4v) is 2.80. The lowest BCUT2D eigenvalue weighted by atomic mass is 10.2. The second-order valence-corrected chi connectivity index (χ2v) is 5.44. The van der Waals surface area contributed by atoms with Gasteiger partial charge in [0.15, 0.2) is 0 Å². The summed E-state index contributed by atoms with van der Waals surface area (Å²) in [5, 5.41) is 8.61. The zero-order valence-corrected chi connectivity index (χ0v) is 11.4. The lowest BCUT2D eigenvalue weighted by Crippen LogP contribution is -1.90. The van der Waals surface area contributed by atoms with E-state index in [0.29, 0.717) is 4.90 Å². The first-order valence-electron chi connectivity index (χ1n) is 4.92. The van der Waals surface area contributed by atoms with Crippen LogP contribution in [0.5, 0.6) is 0 Å². The molecule has 0 aromatic heterocycles. The van der Waals surface area contributed by atoms with Gasteiger partial charge in [-0.3, -0.25) is 0 Å². The molecule has 0 heterocycles. The molecule has 1 nitrogen and oxygen atoms in total. The first-order valence-corrected chi connectivity index (χ1v) is 6.53. The minimum Gasteiger partial charge on any atom is -0.206 e. The van der Waals surface area contributed by atoms with Crippen LogP contribution >= 0.6 is 27.7 Å². The van der Waals surface area contributed by atoms with E-state index in [1.54, 1.807) is 24.3 Å². The summed E-state index contributed by atoms with van der Waals surface area (Å²) in [5.41, 5.74) is -0.0245. The zero-order chi connectivity index (χ0) is 13.1. The summed E-state index contributed by atoms with van der Waals surface area (Å²) in [7, 11) is 0. The van der Waals surface area contributed by atoms with E-state index in [4.69, 9.17) is 5.26 Å². The predicted molar refractivity (Wildman–Crippen MR) is 69.3 cm³/mol. The van der Waals surface area contributed by atoms with Crippen LogP contribution in [0.1, 0.15) is 5.56 Å². The van der Waals surface area contributed by atoms with E-state index in [1.165, 1.54) is 0 Å². The Bertz CT molecular complexity index is 614. The Balaban J connectivity index is 2.38. The van der Waals surface area contributed by atoms with Crippen LogP contribution in [0.2, 0.25) is 0 Å². The molecule has 18 heavy (non-hydrogen) atoms. The fourth-order valence-electron chi connectivity index (χ4n) is 1.37. The highest BCUT2D eigenvalue weighted by Crippen LogP contribution is 2.33. The van der Waals surface area contributed by atoms with E-state index in [2.05, 4.69) is 15.9 Å². The first-order chi connectivity index (χ1) is 8.60. The van der Waals surface area contributed by atoms with Gasteiger partial charge in [-0.25, -0.2) is 8.78 Å². The maximum Gasteiger partial charge on any atom is 0.141 e. The van der Waals surface area contributed by atoms with Crippen LogP contribution in [-0.4, -0.2) is 0 Å². The molecule has 90 valence electrons. The molecule has 0 saturated carbocycles. The molecule has 0 saturated heterocycles. The molecule has 0 fully saturated rings. The summed E-state index contributed by atoms with van der Waals surface area (Å²) in [6.07, 6.45) is 0. The molecule has 2 rings (SSSR count). The van der Waals surface area contributed by atoms with Crippen molar-refractivity contribution in [2.75, 3.05) is 0 Å². The van der Waals surface area contributed by atoms with Crippen molar-refractivity contribution in [2.45, 2.75) is 9.79 Å². The third-order valence-electron chi connectivity index (χ3n) is 2.14. The van der Waals surface area contributed by atoms with Crippen molar-refractivity contribution in [1.82, 2.24) is 0 Å². The Hall–Kier alpha value is -1.38. The minimum absolute atomic E-state index is 0.0245. The van der Waals surface area contributed by atoms with Crippen molar-refractivity contribution in [3.63, 3.8) is 0 Å². The fraction of sp³-hybridized carbons (Fsp3) is 0. The van der Waals surface area contributed by atoms with Gasteiger partial charge in [-0.1, -0.05) is 33.8 Å². The average Bonchev–Trinajstić information content (AvgIpc) is 2.33. The topological polar surface area (TPSA) is 23.8 Å². The number of hydrogen-bond acceptors (Lipinski definition) is 2. The van der Waals surface area contributed by atoms with Crippen molar-refractivity contribution in [3.05, 3.63) is 58.1 Å². The third-order valence-corrected chi connectivity index (χ3v) is 3.72. The van der Waals surface area contributed by atoms with Crippen molar-refractivity contribution in [2.24, 2.45) is 0 Å². The highest BCUT2D eigenvalue weighted by molar-refractivity contribution is 9.10. The van der Waals surface area contributed by atoms with Crippen LogP contribution in [0, 0.1) is 23.0 Å². The Morgan fingerprint density at radius 1 is 1.11 bits per heavy atom. The third kappa shape index (κ3) is 2.89. The Morgan fingerprint density at radius 3 is 2.33 bits per heavy atom. The molecule has 0 radical (unpaired) electrons. The van der Waals surface area contributed by atoms with Gasteiger partial charge in [0, 0.05) is 9.37 Å². The van der Waals surface area contributed by atoms with Gasteiger partial charge in [-0.05, 0) is 30.3 Å². The molecule has 0 aliphatic heterocycles. The van der Waals surface area contributed by atoms with Gasteiger partial charge in [0.25, 0.3) is 0 Å². The predicted octanol–water partition coefficient (Wildman–Crippen LogP) is 4.75. The van der Waals surface area contributed by atoms with E-state index in [-0.39, 0.29) is 10.5 Å². The first kappa shape index (κ1) is 13.1. The van der Waals surface area contributed by atoms with Gasteiger partial charge in [0.2, 0.25) is 0 Å². The Morgan fingerprint density at radius 2 is 1.78 bits per heavy atom. The van der Waals surface area contributed by atoms with Crippen molar-refractivity contribution < 1.29 is 8.78 Å². The van der Waals surface area contributed by atoms with Crippen molar-refractivity contribution >= 4 is 27.7 Å². The molecule has 0 N–H and O–H groups in total. The summed E-state index contributed by atoms with van der Waals surface area (Å²) in [4.78, 5) is 0.610. The SMILES string of the molecule is N#Cc1cc(F)c(Sc2cccc(Br)c2)c(F)c1. The maximum atomic E-state index is 13.7. The quantitative estimate of drug-likeness (QED) is 0.795. The molecule has 2 aromatic carbocycles. The lowest BCUT2D eigenvalue weighted by Gasteiger charge is -2.05. The summed E-state index contributed by atoms with van der Waals surface area (Å²) < 4.78 is 28.2. The number of nitriles is 1. The molecule has 2 aromatic rings. The summed E-state index contributed by atoms with van der Waals surface area (Å²) >= 11 is 4.28. The van der Waals surface area contributed by atoms with Crippen molar-refractivity contribution in [3.8, 4) is 6.07 Å². The molecule has 5 heteroatoms. The second-order valence-electron chi connectivity index (χ2n) is 3.44. The van der Waals surface area contributed by atoms with Crippen LogP contribution in [0.25, 0.3) is 0 Å². The molecule has 0 atom stereocenters. The largest absolute Gasteiger partial charge is 0.206 e. The molecular weight excluding hydrogens is 320 g/mol. The lowest BCUT2D eigenvalue weighted by molar-refractivity contribution is 0.540. The highest BCUT2D eigenvalue weighted by Gasteiger charge is 2.12. The van der Waals surface area contributed by atoms with Gasteiger partial charge in [0.1, 0.15) is 11.6 Å². The molecule has 0 amide bonds. The smallest absolute Gasteiger partial charge is 0.141 e. The second kappa shape index (κ2) is 5.51. The van der Waals surface area contributed by atoms with Gasteiger partial charge in [-0.2, -0.15) is 5.26 Å². The van der Waals surface area contributed by atoms with Crippen LogP contribution in [0.15, 0.2) is 50.7 Å². The van der Waals surface area contributed by atoms with Crippen LogP contribution in [-0.2, 0) is 0 Å². The van der Waals surface area contributed by atoms with Gasteiger partial charge >= 0.3 is 0 Å². The van der Waals surface area contributed by atoms with E-state index in [0.717, 1.165) is 28.4 Å². The molecule has 0 spiro atoms. The molecule has 0 aliphatic rings. The molecular formula is C13H6BrF2NS. The Kier molecular flexibility index (Phi) is 4.00. The normalized spacial score (nSPS) is 10.1. The van der Waals surface area contributed by atoms with E-state index in [1.807, 2.05) is 6.07 Å². The summed E-state index contributed by atoms with van der Waals surface area (Å²) in [5.74, 6) is -1.45. The van der Waals surface area contributed by atoms with E-state index < -0.39 is 11.6 Å². The highest BCUT2D eigenvalue weighted by atomic mass is 79.9. The van der Waals surface area contributed by atoms with Crippen LogP contribution in [0.4, 0.5) is 8.78 Å². The standard InChI is InChI=1S/C13H6BrF2NS/c14-9-2-1-3-10(6-9)18-13-11(15)4-8(7-17)5-12(13)16/h1-6H. The minimum atomic E-state index is -0.725. The number of rotatable bonds is 2. The Labute approximate surface area is 116 Å². The van der Waals surface area contributed by atoms with E-state index >= 15 is 0 Å². The summed E-state index contributed by atoms with van der Waals surface area (Å²) in [6, 6.07) is 10.9. The number of benzene rings is 2. The summed E-state index contributed by atoms with van der Waals surface area (Å²) in [6.45, 7) is 0. The zero-order valence-electron chi connectivity index (χ0n) is 8.95. The number of halogens is 3. The maximum absolute atomic E-state index is 13.7. The monoisotopic (exact) mass is 325 g/mol.